The molecule has 1 aromatic heterocycles. The van der Waals surface area contributed by atoms with Crippen LogP contribution in [0.1, 0.15) is 10.5 Å². The van der Waals surface area contributed by atoms with E-state index in [2.05, 4.69) is 4.98 Å². The SMILES string of the molecule is O=C(O)c1ncsc1-c1cccc(F)c1F. The van der Waals surface area contributed by atoms with Crippen LogP contribution in [0.4, 0.5) is 8.78 Å². The van der Waals surface area contributed by atoms with Crippen molar-refractivity contribution in [2.45, 2.75) is 0 Å². The summed E-state index contributed by atoms with van der Waals surface area (Å²) in [6, 6.07) is 3.61. The van der Waals surface area contributed by atoms with Gasteiger partial charge in [-0.05, 0) is 6.07 Å². The van der Waals surface area contributed by atoms with E-state index in [1.807, 2.05) is 0 Å². The van der Waals surface area contributed by atoms with Gasteiger partial charge >= 0.3 is 5.97 Å². The van der Waals surface area contributed by atoms with Gasteiger partial charge in [0.2, 0.25) is 0 Å². The van der Waals surface area contributed by atoms with E-state index in [9.17, 15) is 13.6 Å². The van der Waals surface area contributed by atoms with Gasteiger partial charge in [0.1, 0.15) is 0 Å². The van der Waals surface area contributed by atoms with Crippen molar-refractivity contribution in [3.05, 3.63) is 41.0 Å². The fraction of sp³-hybridized carbons (Fsp3) is 0. The maximum atomic E-state index is 13.4. The number of hydrogen-bond donors (Lipinski definition) is 1. The van der Waals surface area contributed by atoms with Crippen LogP contribution in [0, 0.1) is 11.6 Å². The predicted molar refractivity (Wildman–Crippen MR) is 54.4 cm³/mol. The van der Waals surface area contributed by atoms with Crippen molar-refractivity contribution >= 4 is 17.3 Å². The van der Waals surface area contributed by atoms with Crippen molar-refractivity contribution in [1.82, 2.24) is 4.98 Å². The van der Waals surface area contributed by atoms with Crippen LogP contribution < -0.4 is 0 Å². The van der Waals surface area contributed by atoms with E-state index < -0.39 is 17.6 Å². The van der Waals surface area contributed by atoms with Gasteiger partial charge in [-0.2, -0.15) is 0 Å². The number of thiazole rings is 1. The molecule has 3 nitrogen and oxygen atoms in total. The Kier molecular flexibility index (Phi) is 2.66. The first-order valence-corrected chi connectivity index (χ1v) is 5.10. The van der Waals surface area contributed by atoms with E-state index in [4.69, 9.17) is 5.11 Å². The number of carboxylic acids is 1. The molecular formula is C10H5F2NO2S. The molecule has 0 amide bonds. The minimum absolute atomic E-state index is 0.0834. The molecule has 0 fully saturated rings. The lowest BCUT2D eigenvalue weighted by molar-refractivity contribution is 0.0692. The molecule has 1 aromatic carbocycles. The van der Waals surface area contributed by atoms with E-state index in [0.29, 0.717) is 0 Å². The summed E-state index contributed by atoms with van der Waals surface area (Å²) in [5.41, 5.74) is 0.928. The van der Waals surface area contributed by atoms with Gasteiger partial charge in [0.05, 0.1) is 10.4 Å². The highest BCUT2D eigenvalue weighted by atomic mass is 32.1. The number of carboxylic acid groups (broad SMARTS) is 1. The Balaban J connectivity index is 2.63. The smallest absolute Gasteiger partial charge is 0.356 e. The third-order valence-corrected chi connectivity index (χ3v) is 2.83. The fourth-order valence-electron chi connectivity index (χ4n) is 1.27. The lowest BCUT2D eigenvalue weighted by Crippen LogP contribution is -1.99. The minimum atomic E-state index is -1.26. The number of aromatic carboxylic acids is 1. The van der Waals surface area contributed by atoms with Gasteiger partial charge < -0.3 is 5.11 Å². The first-order chi connectivity index (χ1) is 7.61. The molecule has 2 rings (SSSR count). The Morgan fingerprint density at radius 1 is 1.38 bits per heavy atom. The Hall–Kier alpha value is -1.82. The molecule has 82 valence electrons. The summed E-state index contributed by atoms with van der Waals surface area (Å²) in [4.78, 5) is 14.5. The molecule has 1 heterocycles. The molecule has 0 aliphatic heterocycles. The van der Waals surface area contributed by atoms with Gasteiger partial charge in [-0.1, -0.05) is 12.1 Å². The third-order valence-electron chi connectivity index (χ3n) is 1.97. The fourth-order valence-corrected chi connectivity index (χ4v) is 2.07. The minimum Gasteiger partial charge on any atom is -0.476 e. The third kappa shape index (κ3) is 1.67. The number of rotatable bonds is 2. The Morgan fingerprint density at radius 3 is 2.81 bits per heavy atom. The highest BCUT2D eigenvalue weighted by molar-refractivity contribution is 7.13. The number of halogens is 2. The molecule has 0 saturated carbocycles. The standard InChI is InChI=1S/C10H5F2NO2S/c11-6-3-1-2-5(7(6)12)9-8(10(14)15)13-4-16-9/h1-4H,(H,14,15). The van der Waals surface area contributed by atoms with Crippen LogP contribution in [0.3, 0.4) is 0 Å². The number of aromatic nitrogens is 1. The number of nitrogens with zero attached hydrogens (tertiary/aromatic N) is 1. The number of carbonyl (C=O) groups is 1. The summed E-state index contributed by atoms with van der Waals surface area (Å²) in [6.07, 6.45) is 0. The van der Waals surface area contributed by atoms with Crippen LogP contribution in [0.25, 0.3) is 10.4 Å². The predicted octanol–water partition coefficient (Wildman–Crippen LogP) is 2.79. The maximum Gasteiger partial charge on any atom is 0.356 e. The lowest BCUT2D eigenvalue weighted by atomic mass is 10.1. The topological polar surface area (TPSA) is 50.2 Å². The highest BCUT2D eigenvalue weighted by Crippen LogP contribution is 2.30. The van der Waals surface area contributed by atoms with Gasteiger partial charge in [0, 0.05) is 5.56 Å². The summed E-state index contributed by atoms with van der Waals surface area (Å²) < 4.78 is 26.4. The van der Waals surface area contributed by atoms with Crippen molar-refractivity contribution in [3.8, 4) is 10.4 Å². The molecule has 0 radical (unpaired) electrons. The van der Waals surface area contributed by atoms with Crippen molar-refractivity contribution in [3.63, 3.8) is 0 Å². The van der Waals surface area contributed by atoms with Crippen LogP contribution in [-0.4, -0.2) is 16.1 Å². The van der Waals surface area contributed by atoms with E-state index in [-0.39, 0.29) is 16.1 Å². The molecule has 0 bridgehead atoms. The Morgan fingerprint density at radius 2 is 2.12 bits per heavy atom. The van der Waals surface area contributed by atoms with E-state index in [1.165, 1.54) is 17.6 Å². The highest BCUT2D eigenvalue weighted by Gasteiger charge is 2.19. The van der Waals surface area contributed by atoms with E-state index >= 15 is 0 Å². The molecule has 0 aliphatic rings. The second kappa shape index (κ2) is 3.97. The quantitative estimate of drug-likeness (QED) is 0.879. The average molecular weight is 241 g/mol. The monoisotopic (exact) mass is 241 g/mol. The summed E-state index contributed by atoms with van der Waals surface area (Å²) in [6.45, 7) is 0. The first-order valence-electron chi connectivity index (χ1n) is 4.22. The zero-order valence-corrected chi connectivity index (χ0v) is 8.59. The molecular weight excluding hydrogens is 236 g/mol. The summed E-state index contributed by atoms with van der Waals surface area (Å²) >= 11 is 0.955. The molecule has 0 aliphatic carbocycles. The van der Waals surface area contributed by atoms with Gasteiger partial charge in [-0.15, -0.1) is 11.3 Å². The van der Waals surface area contributed by atoms with Crippen LogP contribution in [0.2, 0.25) is 0 Å². The molecule has 6 heteroatoms. The molecule has 0 spiro atoms. The molecule has 0 saturated heterocycles. The summed E-state index contributed by atoms with van der Waals surface area (Å²) in [5, 5.41) is 8.80. The number of benzene rings is 1. The van der Waals surface area contributed by atoms with Crippen molar-refractivity contribution in [2.24, 2.45) is 0 Å². The molecule has 1 N–H and O–H groups in total. The van der Waals surface area contributed by atoms with Crippen LogP contribution >= 0.6 is 11.3 Å². The van der Waals surface area contributed by atoms with Gasteiger partial charge in [-0.3, -0.25) is 0 Å². The van der Waals surface area contributed by atoms with Crippen molar-refractivity contribution in [1.29, 1.82) is 0 Å². The van der Waals surface area contributed by atoms with E-state index in [0.717, 1.165) is 17.4 Å². The Bertz CT molecular complexity index is 554. The normalized spacial score (nSPS) is 10.4. The molecule has 0 atom stereocenters. The largest absolute Gasteiger partial charge is 0.476 e. The zero-order chi connectivity index (χ0) is 11.7. The Labute approximate surface area is 93.0 Å². The second-order valence-corrected chi connectivity index (χ2v) is 3.79. The lowest BCUT2D eigenvalue weighted by Gasteiger charge is -2.01. The van der Waals surface area contributed by atoms with Crippen LogP contribution in [0.5, 0.6) is 0 Å². The van der Waals surface area contributed by atoms with Crippen LogP contribution in [-0.2, 0) is 0 Å². The summed E-state index contributed by atoms with van der Waals surface area (Å²) in [5.74, 6) is -3.34. The van der Waals surface area contributed by atoms with Crippen molar-refractivity contribution in [2.75, 3.05) is 0 Å². The van der Waals surface area contributed by atoms with Gasteiger partial charge in [0.15, 0.2) is 17.3 Å². The van der Waals surface area contributed by atoms with Gasteiger partial charge in [0.25, 0.3) is 0 Å². The van der Waals surface area contributed by atoms with Gasteiger partial charge in [-0.25, -0.2) is 18.6 Å². The molecule has 16 heavy (non-hydrogen) atoms. The zero-order valence-electron chi connectivity index (χ0n) is 7.78. The second-order valence-electron chi connectivity index (χ2n) is 2.94. The van der Waals surface area contributed by atoms with E-state index in [1.54, 1.807) is 0 Å². The average Bonchev–Trinajstić information content (AvgIpc) is 2.70. The summed E-state index contributed by atoms with van der Waals surface area (Å²) in [7, 11) is 0. The first kappa shape index (κ1) is 10.7. The van der Waals surface area contributed by atoms with Crippen molar-refractivity contribution < 1.29 is 18.7 Å². The maximum absolute atomic E-state index is 13.4. The number of hydrogen-bond acceptors (Lipinski definition) is 3. The molecule has 0 unspecified atom stereocenters. The van der Waals surface area contributed by atoms with Crippen LogP contribution in [0.15, 0.2) is 23.7 Å². The molecule has 2 aromatic rings.